The number of halogens is 2. The van der Waals surface area contributed by atoms with Crippen molar-refractivity contribution in [3.8, 4) is 0 Å². The largest absolute Gasteiger partial charge is 0.342 e. The summed E-state index contributed by atoms with van der Waals surface area (Å²) in [7, 11) is 0. The number of carbonyl (C=O) groups excluding carboxylic acids is 2. The number of unbranched alkanes of at least 4 members (excludes halogenated alkanes) is 1. The second-order valence-corrected chi connectivity index (χ2v) is 5.97. The molecule has 1 aliphatic rings. The molecule has 1 unspecified atom stereocenters. The summed E-state index contributed by atoms with van der Waals surface area (Å²) >= 11 is 12.0. The van der Waals surface area contributed by atoms with Crippen molar-refractivity contribution in [3.63, 3.8) is 0 Å². The fraction of sp³-hybridized carbons (Fsp3) is 0.467. The zero-order chi connectivity index (χ0) is 15.4. The van der Waals surface area contributed by atoms with Crippen LogP contribution in [-0.4, -0.2) is 29.8 Å². The van der Waals surface area contributed by atoms with E-state index in [9.17, 15) is 9.59 Å². The molecule has 114 valence electrons. The lowest BCUT2D eigenvalue weighted by molar-refractivity contribution is -0.128. The van der Waals surface area contributed by atoms with E-state index in [4.69, 9.17) is 23.2 Å². The molecule has 1 aromatic carbocycles. The number of hydrogen-bond donors (Lipinski definition) is 1. The first-order chi connectivity index (χ1) is 10.0. The molecular weight excluding hydrogens is 311 g/mol. The molecule has 1 saturated heterocycles. The van der Waals surface area contributed by atoms with Gasteiger partial charge in [-0.05, 0) is 18.6 Å². The highest BCUT2D eigenvalue weighted by molar-refractivity contribution is 6.44. The normalized spacial score (nSPS) is 18.1. The minimum atomic E-state index is -0.329. The van der Waals surface area contributed by atoms with Crippen molar-refractivity contribution in [1.82, 2.24) is 4.90 Å². The van der Waals surface area contributed by atoms with Crippen LogP contribution in [0.25, 0.3) is 0 Å². The van der Waals surface area contributed by atoms with E-state index < -0.39 is 0 Å². The third-order valence-electron chi connectivity index (χ3n) is 3.58. The van der Waals surface area contributed by atoms with Gasteiger partial charge in [0, 0.05) is 19.5 Å². The van der Waals surface area contributed by atoms with Crippen molar-refractivity contribution in [2.75, 3.05) is 18.4 Å². The van der Waals surface area contributed by atoms with Gasteiger partial charge >= 0.3 is 0 Å². The Morgan fingerprint density at radius 1 is 1.43 bits per heavy atom. The number of rotatable bonds is 5. The lowest BCUT2D eigenvalue weighted by Gasteiger charge is -2.16. The van der Waals surface area contributed by atoms with E-state index in [1.165, 1.54) is 0 Å². The Morgan fingerprint density at radius 3 is 2.90 bits per heavy atom. The number of nitrogens with one attached hydrogen (secondary N) is 1. The van der Waals surface area contributed by atoms with Gasteiger partial charge in [0.1, 0.15) is 0 Å². The highest BCUT2D eigenvalue weighted by Gasteiger charge is 2.34. The van der Waals surface area contributed by atoms with Crippen LogP contribution in [0.1, 0.15) is 26.2 Å². The monoisotopic (exact) mass is 328 g/mol. The van der Waals surface area contributed by atoms with E-state index in [-0.39, 0.29) is 24.2 Å². The summed E-state index contributed by atoms with van der Waals surface area (Å²) in [6.07, 6.45) is 2.24. The highest BCUT2D eigenvalue weighted by Crippen LogP contribution is 2.30. The van der Waals surface area contributed by atoms with Gasteiger partial charge in [0.15, 0.2) is 0 Å². The Labute approximate surface area is 134 Å². The van der Waals surface area contributed by atoms with Gasteiger partial charge in [0.2, 0.25) is 11.8 Å². The summed E-state index contributed by atoms with van der Waals surface area (Å²) in [5, 5.41) is 3.47. The Morgan fingerprint density at radius 2 is 2.19 bits per heavy atom. The minimum absolute atomic E-state index is 0.0424. The molecule has 1 N–H and O–H groups in total. The Hall–Kier alpha value is -1.26. The molecule has 1 atom stereocenters. The van der Waals surface area contributed by atoms with E-state index in [1.54, 1.807) is 23.1 Å². The van der Waals surface area contributed by atoms with Crippen LogP contribution in [0, 0.1) is 5.92 Å². The smallest absolute Gasteiger partial charge is 0.229 e. The van der Waals surface area contributed by atoms with E-state index >= 15 is 0 Å². The van der Waals surface area contributed by atoms with Gasteiger partial charge in [-0.25, -0.2) is 0 Å². The summed E-state index contributed by atoms with van der Waals surface area (Å²) in [6.45, 7) is 3.27. The predicted molar refractivity (Wildman–Crippen MR) is 84.7 cm³/mol. The van der Waals surface area contributed by atoms with Gasteiger partial charge in [-0.2, -0.15) is 0 Å². The van der Waals surface area contributed by atoms with Crippen LogP contribution < -0.4 is 5.32 Å². The van der Waals surface area contributed by atoms with Crippen LogP contribution in [-0.2, 0) is 9.59 Å². The molecule has 6 heteroatoms. The van der Waals surface area contributed by atoms with Crippen LogP contribution in [0.3, 0.4) is 0 Å². The molecule has 0 radical (unpaired) electrons. The van der Waals surface area contributed by atoms with E-state index in [0.717, 1.165) is 19.4 Å². The Balaban J connectivity index is 1.98. The summed E-state index contributed by atoms with van der Waals surface area (Å²) < 4.78 is 0. The zero-order valence-corrected chi connectivity index (χ0v) is 13.4. The topological polar surface area (TPSA) is 49.4 Å². The maximum atomic E-state index is 12.3. The Bertz CT molecular complexity index is 548. The number of amides is 2. The van der Waals surface area contributed by atoms with Gasteiger partial charge in [-0.15, -0.1) is 0 Å². The van der Waals surface area contributed by atoms with Crippen LogP contribution in [0.4, 0.5) is 5.69 Å². The number of nitrogens with zero attached hydrogens (tertiary/aromatic N) is 1. The van der Waals surface area contributed by atoms with Gasteiger partial charge < -0.3 is 10.2 Å². The first-order valence-electron chi connectivity index (χ1n) is 7.05. The molecule has 4 nitrogen and oxygen atoms in total. The van der Waals surface area contributed by atoms with Crippen LogP contribution in [0.2, 0.25) is 10.0 Å². The third-order valence-corrected chi connectivity index (χ3v) is 4.40. The molecule has 2 rings (SSSR count). The van der Waals surface area contributed by atoms with Crippen molar-refractivity contribution < 1.29 is 9.59 Å². The highest BCUT2D eigenvalue weighted by atomic mass is 35.5. The summed E-state index contributed by atoms with van der Waals surface area (Å²) in [5.74, 6) is -0.475. The second-order valence-electron chi connectivity index (χ2n) is 5.18. The lowest BCUT2D eigenvalue weighted by atomic mass is 10.1. The van der Waals surface area contributed by atoms with E-state index in [0.29, 0.717) is 22.3 Å². The average molecular weight is 329 g/mol. The number of carbonyl (C=O) groups is 2. The first kappa shape index (κ1) is 16.1. The molecule has 1 aliphatic heterocycles. The lowest BCUT2D eigenvalue weighted by Crippen LogP contribution is -2.29. The van der Waals surface area contributed by atoms with Gasteiger partial charge in [-0.1, -0.05) is 42.6 Å². The zero-order valence-electron chi connectivity index (χ0n) is 11.9. The maximum Gasteiger partial charge on any atom is 0.229 e. The van der Waals surface area contributed by atoms with Crippen LogP contribution >= 0.6 is 23.2 Å². The molecule has 0 aromatic heterocycles. The SMILES string of the molecule is CCCCN1CC(C(=O)Nc2cccc(Cl)c2Cl)CC1=O. The van der Waals surface area contributed by atoms with Crippen molar-refractivity contribution in [3.05, 3.63) is 28.2 Å². The summed E-state index contributed by atoms with van der Waals surface area (Å²) in [4.78, 5) is 25.9. The van der Waals surface area contributed by atoms with Gasteiger partial charge in [0.05, 0.1) is 21.7 Å². The first-order valence-corrected chi connectivity index (χ1v) is 7.81. The number of anilines is 1. The summed E-state index contributed by atoms with van der Waals surface area (Å²) in [6, 6.07) is 5.07. The average Bonchev–Trinajstić information content (AvgIpc) is 2.83. The van der Waals surface area contributed by atoms with Gasteiger partial charge in [0.25, 0.3) is 0 Å². The molecule has 0 aliphatic carbocycles. The van der Waals surface area contributed by atoms with Crippen molar-refractivity contribution in [1.29, 1.82) is 0 Å². The molecule has 0 bridgehead atoms. The molecule has 1 fully saturated rings. The van der Waals surface area contributed by atoms with Crippen LogP contribution in [0.15, 0.2) is 18.2 Å². The predicted octanol–water partition coefficient (Wildman–Crippen LogP) is 3.58. The molecule has 0 saturated carbocycles. The number of likely N-dealkylation sites (tertiary alicyclic amines) is 1. The molecular formula is C15H18Cl2N2O2. The van der Waals surface area contributed by atoms with Crippen molar-refractivity contribution >= 4 is 40.7 Å². The van der Waals surface area contributed by atoms with E-state index in [1.807, 2.05) is 0 Å². The summed E-state index contributed by atoms with van der Waals surface area (Å²) in [5.41, 5.74) is 0.480. The van der Waals surface area contributed by atoms with Crippen molar-refractivity contribution in [2.45, 2.75) is 26.2 Å². The maximum absolute atomic E-state index is 12.3. The minimum Gasteiger partial charge on any atom is -0.342 e. The third kappa shape index (κ3) is 3.89. The van der Waals surface area contributed by atoms with Gasteiger partial charge in [-0.3, -0.25) is 9.59 Å². The molecule has 1 aromatic rings. The Kier molecular flexibility index (Phi) is 5.48. The van der Waals surface area contributed by atoms with Crippen molar-refractivity contribution in [2.24, 2.45) is 5.92 Å². The quantitative estimate of drug-likeness (QED) is 0.898. The molecule has 1 heterocycles. The second kappa shape index (κ2) is 7.14. The molecule has 0 spiro atoms. The molecule has 21 heavy (non-hydrogen) atoms. The van der Waals surface area contributed by atoms with E-state index in [2.05, 4.69) is 12.2 Å². The number of hydrogen-bond acceptors (Lipinski definition) is 2. The molecule has 2 amide bonds. The fourth-order valence-electron chi connectivity index (χ4n) is 2.35. The fourth-order valence-corrected chi connectivity index (χ4v) is 2.70. The van der Waals surface area contributed by atoms with Crippen LogP contribution in [0.5, 0.6) is 0 Å². The number of benzene rings is 1. The standard InChI is InChI=1S/C15H18Cl2N2O2/c1-2-3-7-19-9-10(8-13(19)20)15(21)18-12-6-4-5-11(16)14(12)17/h4-6,10H,2-3,7-9H2,1H3,(H,18,21).